The molecule has 94 valence electrons. The average molecular weight is 263 g/mol. The van der Waals surface area contributed by atoms with Crippen molar-refractivity contribution < 1.29 is 9.90 Å². The maximum absolute atomic E-state index is 10.9. The summed E-state index contributed by atoms with van der Waals surface area (Å²) in [5.74, 6) is -0.767. The number of para-hydroxylation sites is 1. The maximum Gasteiger partial charge on any atom is 0.324 e. The standard InChI is InChI=1S/C12H13N3O2S/c1-12(13,11(16)17)6-18-10-8-4-2-3-5-9(8)14-7-15-10/h2-5,7H,6,13H2,1H3,(H,16,17). The van der Waals surface area contributed by atoms with Crippen LogP contribution in [-0.2, 0) is 4.79 Å². The van der Waals surface area contributed by atoms with E-state index in [4.69, 9.17) is 10.8 Å². The fraction of sp³-hybridized carbons (Fsp3) is 0.250. The molecule has 2 rings (SSSR count). The van der Waals surface area contributed by atoms with Crippen LogP contribution in [0.2, 0.25) is 0 Å². The van der Waals surface area contributed by atoms with E-state index in [-0.39, 0.29) is 5.75 Å². The van der Waals surface area contributed by atoms with Crippen molar-refractivity contribution in [3.8, 4) is 0 Å². The largest absolute Gasteiger partial charge is 0.480 e. The molecule has 1 aromatic heterocycles. The number of hydrogen-bond acceptors (Lipinski definition) is 5. The van der Waals surface area contributed by atoms with Crippen LogP contribution >= 0.6 is 11.8 Å². The monoisotopic (exact) mass is 263 g/mol. The minimum Gasteiger partial charge on any atom is -0.480 e. The Balaban J connectivity index is 2.25. The lowest BCUT2D eigenvalue weighted by Gasteiger charge is -2.18. The Morgan fingerprint density at radius 1 is 1.44 bits per heavy atom. The van der Waals surface area contributed by atoms with Gasteiger partial charge in [-0.15, -0.1) is 11.8 Å². The van der Waals surface area contributed by atoms with E-state index in [1.165, 1.54) is 25.0 Å². The Morgan fingerprint density at radius 2 is 2.17 bits per heavy atom. The topological polar surface area (TPSA) is 89.1 Å². The summed E-state index contributed by atoms with van der Waals surface area (Å²) in [6, 6.07) is 7.59. The first-order valence-corrected chi connectivity index (χ1v) is 6.34. The van der Waals surface area contributed by atoms with Gasteiger partial charge in [-0.05, 0) is 13.0 Å². The predicted molar refractivity (Wildman–Crippen MR) is 70.5 cm³/mol. The van der Waals surface area contributed by atoms with Crippen LogP contribution in [0.25, 0.3) is 10.9 Å². The quantitative estimate of drug-likeness (QED) is 0.642. The molecule has 5 nitrogen and oxygen atoms in total. The van der Waals surface area contributed by atoms with Crippen LogP contribution in [0, 0.1) is 0 Å². The Kier molecular flexibility index (Phi) is 3.49. The molecule has 18 heavy (non-hydrogen) atoms. The van der Waals surface area contributed by atoms with Gasteiger partial charge in [0, 0.05) is 11.1 Å². The molecule has 3 N–H and O–H groups in total. The molecule has 0 saturated heterocycles. The fourth-order valence-electron chi connectivity index (χ4n) is 1.38. The molecular formula is C12H13N3O2S. The zero-order valence-electron chi connectivity index (χ0n) is 9.83. The van der Waals surface area contributed by atoms with Crippen LogP contribution < -0.4 is 5.73 Å². The number of hydrogen-bond donors (Lipinski definition) is 2. The number of carboxylic acid groups (broad SMARTS) is 1. The highest BCUT2D eigenvalue weighted by Crippen LogP contribution is 2.26. The fourth-order valence-corrected chi connectivity index (χ4v) is 2.38. The number of benzene rings is 1. The maximum atomic E-state index is 10.9. The van der Waals surface area contributed by atoms with Gasteiger partial charge in [-0.2, -0.15) is 0 Å². The van der Waals surface area contributed by atoms with Gasteiger partial charge in [0.1, 0.15) is 16.9 Å². The van der Waals surface area contributed by atoms with Crippen molar-refractivity contribution in [1.29, 1.82) is 0 Å². The lowest BCUT2D eigenvalue weighted by atomic mass is 10.1. The molecule has 2 aromatic rings. The molecule has 0 spiro atoms. The number of carboxylic acids is 1. The second-order valence-electron chi connectivity index (χ2n) is 4.21. The summed E-state index contributed by atoms with van der Waals surface area (Å²) < 4.78 is 0. The average Bonchev–Trinajstić information content (AvgIpc) is 2.36. The molecule has 1 unspecified atom stereocenters. The predicted octanol–water partition coefficient (Wildman–Crippen LogP) is 1.52. The summed E-state index contributed by atoms with van der Waals surface area (Å²) in [4.78, 5) is 19.3. The summed E-state index contributed by atoms with van der Waals surface area (Å²) in [6.07, 6.45) is 1.47. The second kappa shape index (κ2) is 4.91. The molecule has 1 heterocycles. The minimum absolute atomic E-state index is 0.253. The first-order valence-electron chi connectivity index (χ1n) is 5.35. The zero-order chi connectivity index (χ0) is 13.2. The van der Waals surface area contributed by atoms with Crippen molar-refractivity contribution >= 4 is 28.6 Å². The zero-order valence-corrected chi connectivity index (χ0v) is 10.6. The van der Waals surface area contributed by atoms with E-state index in [1.807, 2.05) is 24.3 Å². The number of rotatable bonds is 4. The molecule has 0 fully saturated rings. The van der Waals surface area contributed by atoms with Crippen molar-refractivity contribution in [2.75, 3.05) is 5.75 Å². The smallest absolute Gasteiger partial charge is 0.324 e. The molecule has 0 saturated carbocycles. The van der Waals surface area contributed by atoms with Gasteiger partial charge in [0.15, 0.2) is 0 Å². The van der Waals surface area contributed by atoms with Crippen LogP contribution in [-0.4, -0.2) is 32.3 Å². The molecule has 0 aliphatic carbocycles. The number of nitrogens with two attached hydrogens (primary N) is 1. The summed E-state index contributed by atoms with van der Waals surface area (Å²) >= 11 is 1.33. The van der Waals surface area contributed by atoms with Crippen molar-refractivity contribution in [3.63, 3.8) is 0 Å². The number of aliphatic carboxylic acids is 1. The molecule has 0 amide bonds. The SMILES string of the molecule is CC(N)(CSc1ncnc2ccccc12)C(=O)O. The van der Waals surface area contributed by atoms with E-state index in [9.17, 15) is 4.79 Å². The van der Waals surface area contributed by atoms with E-state index < -0.39 is 11.5 Å². The normalized spacial score (nSPS) is 14.3. The molecule has 0 aliphatic rings. The Labute approximate surface area is 108 Å². The molecule has 1 aromatic carbocycles. The molecule has 1 atom stereocenters. The molecule has 0 radical (unpaired) electrons. The van der Waals surface area contributed by atoms with Gasteiger partial charge in [0.05, 0.1) is 5.52 Å². The third-order valence-electron chi connectivity index (χ3n) is 2.50. The molecular weight excluding hydrogens is 250 g/mol. The lowest BCUT2D eigenvalue weighted by Crippen LogP contribution is -2.47. The van der Waals surface area contributed by atoms with E-state index in [0.717, 1.165) is 15.9 Å². The van der Waals surface area contributed by atoms with Crippen LogP contribution in [0.4, 0.5) is 0 Å². The van der Waals surface area contributed by atoms with Gasteiger partial charge >= 0.3 is 5.97 Å². The summed E-state index contributed by atoms with van der Waals surface area (Å²) in [7, 11) is 0. The number of aromatic nitrogens is 2. The van der Waals surface area contributed by atoms with Gasteiger partial charge in [-0.3, -0.25) is 4.79 Å². The minimum atomic E-state index is -1.27. The Morgan fingerprint density at radius 3 is 2.89 bits per heavy atom. The summed E-state index contributed by atoms with van der Waals surface area (Å²) in [6.45, 7) is 1.49. The molecule has 6 heteroatoms. The van der Waals surface area contributed by atoms with Gasteiger partial charge in [0.2, 0.25) is 0 Å². The second-order valence-corrected chi connectivity index (χ2v) is 5.17. The highest BCUT2D eigenvalue weighted by molar-refractivity contribution is 7.99. The van der Waals surface area contributed by atoms with Crippen LogP contribution in [0.3, 0.4) is 0 Å². The number of carbonyl (C=O) groups is 1. The highest BCUT2D eigenvalue weighted by Gasteiger charge is 2.28. The molecule has 0 bridgehead atoms. The van der Waals surface area contributed by atoms with Crippen LogP contribution in [0.1, 0.15) is 6.92 Å². The Bertz CT molecular complexity index is 581. The van der Waals surface area contributed by atoms with Crippen LogP contribution in [0.15, 0.2) is 35.6 Å². The van der Waals surface area contributed by atoms with Crippen LogP contribution in [0.5, 0.6) is 0 Å². The van der Waals surface area contributed by atoms with Crippen molar-refractivity contribution in [3.05, 3.63) is 30.6 Å². The van der Waals surface area contributed by atoms with E-state index in [2.05, 4.69) is 9.97 Å². The van der Waals surface area contributed by atoms with Gasteiger partial charge in [-0.1, -0.05) is 18.2 Å². The van der Waals surface area contributed by atoms with Gasteiger partial charge < -0.3 is 10.8 Å². The number of fused-ring (bicyclic) bond motifs is 1. The van der Waals surface area contributed by atoms with E-state index in [1.54, 1.807) is 0 Å². The number of nitrogens with zero attached hydrogens (tertiary/aromatic N) is 2. The van der Waals surface area contributed by atoms with E-state index in [0.29, 0.717) is 0 Å². The summed E-state index contributed by atoms with van der Waals surface area (Å²) in [5.41, 5.74) is 5.26. The third kappa shape index (κ3) is 2.60. The first kappa shape index (κ1) is 12.8. The first-order chi connectivity index (χ1) is 8.50. The van der Waals surface area contributed by atoms with E-state index >= 15 is 0 Å². The highest BCUT2D eigenvalue weighted by atomic mass is 32.2. The van der Waals surface area contributed by atoms with Crippen molar-refractivity contribution in [1.82, 2.24) is 9.97 Å². The molecule has 0 aliphatic heterocycles. The third-order valence-corrected chi connectivity index (χ3v) is 3.85. The number of thioether (sulfide) groups is 1. The van der Waals surface area contributed by atoms with Gasteiger partial charge in [0.25, 0.3) is 0 Å². The van der Waals surface area contributed by atoms with Crippen molar-refractivity contribution in [2.45, 2.75) is 17.5 Å². The summed E-state index contributed by atoms with van der Waals surface area (Å²) in [5, 5.41) is 10.6. The lowest BCUT2D eigenvalue weighted by molar-refractivity contribution is -0.141. The van der Waals surface area contributed by atoms with Gasteiger partial charge in [-0.25, -0.2) is 9.97 Å². The van der Waals surface area contributed by atoms with Crippen molar-refractivity contribution in [2.24, 2.45) is 5.73 Å². The Hall–Kier alpha value is -1.66.